The Kier molecular flexibility index (Phi) is 7.09. The van der Waals surface area contributed by atoms with Gasteiger partial charge in [-0.3, -0.25) is 4.79 Å². The van der Waals surface area contributed by atoms with E-state index in [2.05, 4.69) is 10.5 Å². The normalized spacial score (nSPS) is 10.9. The van der Waals surface area contributed by atoms with E-state index in [1.165, 1.54) is 30.5 Å². The molecule has 1 N–H and O–H groups in total. The molecule has 0 radical (unpaired) electrons. The molecule has 0 aliphatic carbocycles. The lowest BCUT2D eigenvalue weighted by molar-refractivity contribution is 0.0955. The van der Waals surface area contributed by atoms with Crippen molar-refractivity contribution in [3.05, 3.63) is 98.2 Å². The van der Waals surface area contributed by atoms with E-state index in [1.54, 1.807) is 36.4 Å². The summed E-state index contributed by atoms with van der Waals surface area (Å²) in [4.78, 5) is 12.0. The summed E-state index contributed by atoms with van der Waals surface area (Å²) in [6.07, 6.45) is 1.41. The Labute approximate surface area is 181 Å². The van der Waals surface area contributed by atoms with Gasteiger partial charge in [0.15, 0.2) is 0 Å². The molecule has 0 atom stereocenters. The molecule has 3 rings (SSSR count). The van der Waals surface area contributed by atoms with E-state index in [-0.39, 0.29) is 12.2 Å². The zero-order valence-corrected chi connectivity index (χ0v) is 17.1. The first-order valence-electron chi connectivity index (χ1n) is 8.37. The molecule has 8 heteroatoms. The third-order valence-corrected chi connectivity index (χ3v) is 4.80. The minimum absolute atomic E-state index is 0.251. The first kappa shape index (κ1) is 21.1. The molecule has 148 valence electrons. The standard InChI is InChI=1S/C21H14Cl3FN2O2/c22-16-4-8-20(29-12-13-1-7-18(23)19(24)9-13)15(10-16)11-26-27-21(28)14-2-5-17(25)6-3-14/h1-11H,12H2,(H,27,28)/b26-11-. The largest absolute Gasteiger partial charge is 0.488 e. The van der Waals surface area contributed by atoms with Crippen molar-refractivity contribution in [3.63, 3.8) is 0 Å². The molecule has 0 saturated carbocycles. The van der Waals surface area contributed by atoms with Crippen molar-refractivity contribution in [1.29, 1.82) is 0 Å². The molecule has 29 heavy (non-hydrogen) atoms. The van der Waals surface area contributed by atoms with E-state index < -0.39 is 11.7 Å². The maximum atomic E-state index is 12.9. The first-order valence-corrected chi connectivity index (χ1v) is 9.51. The van der Waals surface area contributed by atoms with Crippen molar-refractivity contribution < 1.29 is 13.9 Å². The fourth-order valence-corrected chi connectivity index (χ4v) is 2.87. The van der Waals surface area contributed by atoms with Crippen LogP contribution in [0.4, 0.5) is 4.39 Å². The predicted molar refractivity (Wildman–Crippen MR) is 114 cm³/mol. The Morgan fingerprint density at radius 3 is 2.48 bits per heavy atom. The molecule has 0 spiro atoms. The van der Waals surface area contributed by atoms with Gasteiger partial charge in [0.05, 0.1) is 16.3 Å². The highest BCUT2D eigenvalue weighted by Crippen LogP contribution is 2.25. The van der Waals surface area contributed by atoms with Crippen molar-refractivity contribution in [3.8, 4) is 5.75 Å². The molecule has 0 saturated heterocycles. The molecule has 1 amide bonds. The van der Waals surface area contributed by atoms with Gasteiger partial charge in [-0.2, -0.15) is 5.10 Å². The van der Waals surface area contributed by atoms with E-state index in [0.717, 1.165) is 5.56 Å². The summed E-state index contributed by atoms with van der Waals surface area (Å²) in [5.74, 6) is -0.380. The van der Waals surface area contributed by atoms with Crippen molar-refractivity contribution in [1.82, 2.24) is 5.43 Å². The number of hydrogen-bond donors (Lipinski definition) is 1. The molecule has 3 aromatic rings. The van der Waals surface area contributed by atoms with Gasteiger partial charge in [-0.05, 0) is 60.2 Å². The average molecular weight is 452 g/mol. The van der Waals surface area contributed by atoms with Crippen LogP contribution in [0.1, 0.15) is 21.5 Å². The molecule has 0 bridgehead atoms. The minimum Gasteiger partial charge on any atom is -0.488 e. The Morgan fingerprint density at radius 2 is 1.76 bits per heavy atom. The second-order valence-electron chi connectivity index (χ2n) is 5.93. The van der Waals surface area contributed by atoms with Gasteiger partial charge in [-0.25, -0.2) is 9.82 Å². The second kappa shape index (κ2) is 9.74. The molecule has 0 fully saturated rings. The molecule has 0 aliphatic heterocycles. The number of hydrogen-bond acceptors (Lipinski definition) is 3. The maximum Gasteiger partial charge on any atom is 0.271 e. The summed E-state index contributed by atoms with van der Waals surface area (Å²) in [5.41, 5.74) is 4.06. The highest BCUT2D eigenvalue weighted by Gasteiger charge is 2.07. The number of nitrogens with one attached hydrogen (secondary N) is 1. The highest BCUT2D eigenvalue weighted by molar-refractivity contribution is 6.42. The molecule has 4 nitrogen and oxygen atoms in total. The molecule has 0 aromatic heterocycles. The number of carbonyl (C=O) groups excluding carboxylic acids is 1. The average Bonchev–Trinajstić information content (AvgIpc) is 2.70. The maximum absolute atomic E-state index is 12.9. The summed E-state index contributed by atoms with van der Waals surface area (Å²) < 4.78 is 18.8. The summed E-state index contributed by atoms with van der Waals surface area (Å²) in [7, 11) is 0. The van der Waals surface area contributed by atoms with Crippen LogP contribution in [0.2, 0.25) is 15.1 Å². The zero-order valence-electron chi connectivity index (χ0n) is 14.8. The first-order chi connectivity index (χ1) is 13.9. The summed E-state index contributed by atoms with van der Waals surface area (Å²) >= 11 is 18.0. The quantitative estimate of drug-likeness (QED) is 0.362. The second-order valence-corrected chi connectivity index (χ2v) is 7.18. The predicted octanol–water partition coefficient (Wildman–Crippen LogP) is 6.13. The van der Waals surface area contributed by atoms with Gasteiger partial charge in [-0.15, -0.1) is 0 Å². The Balaban J connectivity index is 1.69. The van der Waals surface area contributed by atoms with Crippen molar-refractivity contribution in [2.45, 2.75) is 6.61 Å². The lowest BCUT2D eigenvalue weighted by Gasteiger charge is -2.10. The van der Waals surface area contributed by atoms with E-state index in [0.29, 0.717) is 26.4 Å². The van der Waals surface area contributed by atoms with Crippen LogP contribution in [0.15, 0.2) is 65.8 Å². The number of halogens is 4. The van der Waals surface area contributed by atoms with E-state index in [1.807, 2.05) is 0 Å². The van der Waals surface area contributed by atoms with Crippen LogP contribution >= 0.6 is 34.8 Å². The third kappa shape index (κ3) is 5.94. The van der Waals surface area contributed by atoms with Gasteiger partial charge in [0.2, 0.25) is 0 Å². The summed E-state index contributed by atoms with van der Waals surface area (Å²) in [6, 6.07) is 15.4. The lowest BCUT2D eigenvalue weighted by atomic mass is 10.2. The Bertz CT molecular complexity index is 1060. The molecule has 0 aliphatic rings. The van der Waals surface area contributed by atoms with Gasteiger partial charge >= 0.3 is 0 Å². The summed E-state index contributed by atoms with van der Waals surface area (Å²) in [6.45, 7) is 0.251. The van der Waals surface area contributed by atoms with Crippen LogP contribution in [-0.2, 0) is 6.61 Å². The summed E-state index contributed by atoms with van der Waals surface area (Å²) in [5, 5.41) is 5.32. The highest BCUT2D eigenvalue weighted by atomic mass is 35.5. The number of hydrazone groups is 1. The van der Waals surface area contributed by atoms with E-state index >= 15 is 0 Å². The van der Waals surface area contributed by atoms with E-state index in [4.69, 9.17) is 39.5 Å². The van der Waals surface area contributed by atoms with Crippen LogP contribution in [0.25, 0.3) is 0 Å². The SMILES string of the molecule is O=C(N/N=C\c1cc(Cl)ccc1OCc1ccc(Cl)c(Cl)c1)c1ccc(F)cc1. The van der Waals surface area contributed by atoms with Gasteiger partial charge in [0.1, 0.15) is 18.2 Å². The topological polar surface area (TPSA) is 50.7 Å². The zero-order chi connectivity index (χ0) is 20.8. The van der Waals surface area contributed by atoms with Gasteiger partial charge in [0.25, 0.3) is 5.91 Å². The number of nitrogens with zero attached hydrogens (tertiary/aromatic N) is 1. The van der Waals surface area contributed by atoms with Crippen LogP contribution in [-0.4, -0.2) is 12.1 Å². The fraction of sp³-hybridized carbons (Fsp3) is 0.0476. The number of rotatable bonds is 6. The van der Waals surface area contributed by atoms with Crippen LogP contribution < -0.4 is 10.2 Å². The van der Waals surface area contributed by atoms with Gasteiger partial charge < -0.3 is 4.74 Å². The van der Waals surface area contributed by atoms with Crippen LogP contribution in [0.3, 0.4) is 0 Å². The Morgan fingerprint density at radius 1 is 1.00 bits per heavy atom. The van der Waals surface area contributed by atoms with Gasteiger partial charge in [0, 0.05) is 16.1 Å². The number of carbonyl (C=O) groups is 1. The van der Waals surface area contributed by atoms with Crippen LogP contribution in [0, 0.1) is 5.82 Å². The molecule has 0 heterocycles. The van der Waals surface area contributed by atoms with Gasteiger partial charge in [-0.1, -0.05) is 40.9 Å². The lowest BCUT2D eigenvalue weighted by Crippen LogP contribution is -2.17. The number of ether oxygens (including phenoxy) is 1. The fourth-order valence-electron chi connectivity index (χ4n) is 2.37. The van der Waals surface area contributed by atoms with Crippen LogP contribution in [0.5, 0.6) is 5.75 Å². The molecule has 3 aromatic carbocycles. The van der Waals surface area contributed by atoms with Crippen molar-refractivity contribution in [2.24, 2.45) is 5.10 Å². The number of benzene rings is 3. The van der Waals surface area contributed by atoms with E-state index in [9.17, 15) is 9.18 Å². The monoisotopic (exact) mass is 450 g/mol. The number of amides is 1. The molecule has 0 unspecified atom stereocenters. The Hall–Kier alpha value is -2.60. The minimum atomic E-state index is -0.471. The smallest absolute Gasteiger partial charge is 0.271 e. The molecular weight excluding hydrogens is 438 g/mol. The molecular formula is C21H14Cl3FN2O2. The van der Waals surface area contributed by atoms with Crippen molar-refractivity contribution >= 4 is 46.9 Å². The third-order valence-electron chi connectivity index (χ3n) is 3.83. The van der Waals surface area contributed by atoms with Crippen molar-refractivity contribution in [2.75, 3.05) is 0 Å².